The molecule has 0 bridgehead atoms. The monoisotopic (exact) mass is 478 g/mol. The second-order valence-electron chi connectivity index (χ2n) is 9.17. The minimum absolute atomic E-state index is 0.0625. The van der Waals surface area contributed by atoms with Crippen LogP contribution in [0.3, 0.4) is 0 Å². The molecule has 1 N–H and O–H groups in total. The van der Waals surface area contributed by atoms with Gasteiger partial charge in [-0.3, -0.25) is 14.5 Å². The van der Waals surface area contributed by atoms with Crippen molar-refractivity contribution in [2.75, 3.05) is 46.5 Å². The van der Waals surface area contributed by atoms with Crippen molar-refractivity contribution in [3.63, 3.8) is 0 Å². The Balaban J connectivity index is 1.53. The first-order valence-corrected chi connectivity index (χ1v) is 12.0. The Morgan fingerprint density at radius 1 is 1.09 bits per heavy atom. The van der Waals surface area contributed by atoms with Crippen LogP contribution in [0.25, 0.3) is 5.76 Å². The normalized spacial score (nSPS) is 23.9. The minimum Gasteiger partial charge on any atom is -0.507 e. The summed E-state index contributed by atoms with van der Waals surface area (Å²) >= 11 is 0. The molecule has 8 nitrogen and oxygen atoms in total. The maximum Gasteiger partial charge on any atom is 0.295 e. The standard InChI is InChI=1S/C27H30N2O6/c1-17-15-20-16-19(5-8-22(20)35-17)25(30)23-24(18-3-6-21(33-2)7-4-18)29(27(32)26(23)31)10-9-28-11-13-34-14-12-28/h3-8,16-17,24,30H,9-15H2,1-2H3/t17-,24+/m0/s1. The number of nitrogens with zero attached hydrogens (tertiary/aromatic N) is 2. The van der Waals surface area contributed by atoms with E-state index in [0.717, 1.165) is 36.4 Å². The number of methoxy groups -OCH3 is 1. The summed E-state index contributed by atoms with van der Waals surface area (Å²) in [7, 11) is 1.59. The third kappa shape index (κ3) is 4.51. The van der Waals surface area contributed by atoms with Crippen molar-refractivity contribution in [3.8, 4) is 11.5 Å². The lowest BCUT2D eigenvalue weighted by Gasteiger charge is -2.31. The number of ketones is 1. The number of aliphatic hydroxyl groups is 1. The van der Waals surface area contributed by atoms with E-state index in [1.165, 1.54) is 0 Å². The number of carbonyl (C=O) groups is 2. The first-order valence-electron chi connectivity index (χ1n) is 12.0. The molecule has 0 spiro atoms. The summed E-state index contributed by atoms with van der Waals surface area (Å²) in [4.78, 5) is 30.3. The van der Waals surface area contributed by atoms with E-state index >= 15 is 0 Å². The molecule has 35 heavy (non-hydrogen) atoms. The van der Waals surface area contributed by atoms with Gasteiger partial charge in [-0.25, -0.2) is 0 Å². The van der Waals surface area contributed by atoms with Gasteiger partial charge >= 0.3 is 0 Å². The van der Waals surface area contributed by atoms with E-state index in [1.54, 1.807) is 30.2 Å². The van der Waals surface area contributed by atoms with Gasteiger partial charge in [-0.1, -0.05) is 12.1 Å². The quantitative estimate of drug-likeness (QED) is 0.388. The maximum atomic E-state index is 13.3. The third-order valence-electron chi connectivity index (χ3n) is 6.90. The Bertz CT molecular complexity index is 1150. The first-order chi connectivity index (χ1) is 17.0. The van der Waals surface area contributed by atoms with E-state index in [9.17, 15) is 14.7 Å². The minimum atomic E-state index is -0.689. The number of Topliss-reactive ketones (excluding diaryl/α,β-unsaturated/α-hetero) is 1. The first kappa shape index (κ1) is 23.4. The molecule has 2 aromatic rings. The molecular weight excluding hydrogens is 448 g/mol. The number of benzene rings is 2. The van der Waals surface area contributed by atoms with Gasteiger partial charge in [-0.2, -0.15) is 0 Å². The fraction of sp³-hybridized carbons (Fsp3) is 0.407. The number of rotatable bonds is 6. The molecule has 3 aliphatic rings. The summed E-state index contributed by atoms with van der Waals surface area (Å²) in [6, 6.07) is 12.0. The van der Waals surface area contributed by atoms with Crippen molar-refractivity contribution < 1.29 is 28.9 Å². The number of aliphatic hydroxyl groups excluding tert-OH is 1. The molecule has 0 radical (unpaired) electrons. The average molecular weight is 479 g/mol. The van der Waals surface area contributed by atoms with Gasteiger partial charge < -0.3 is 24.2 Å². The molecule has 2 saturated heterocycles. The molecule has 184 valence electrons. The van der Waals surface area contributed by atoms with E-state index in [4.69, 9.17) is 14.2 Å². The molecule has 2 fully saturated rings. The molecule has 3 heterocycles. The molecule has 1 amide bonds. The highest BCUT2D eigenvalue weighted by molar-refractivity contribution is 6.46. The number of likely N-dealkylation sites (tertiary alicyclic amines) is 1. The molecule has 5 rings (SSSR count). The van der Waals surface area contributed by atoms with E-state index < -0.39 is 17.7 Å². The Labute approximate surface area is 204 Å². The van der Waals surface area contributed by atoms with Crippen molar-refractivity contribution in [2.24, 2.45) is 0 Å². The van der Waals surface area contributed by atoms with Crippen LogP contribution in [0.2, 0.25) is 0 Å². The summed E-state index contributed by atoms with van der Waals surface area (Å²) < 4.78 is 16.5. The van der Waals surface area contributed by atoms with E-state index in [-0.39, 0.29) is 17.4 Å². The van der Waals surface area contributed by atoms with Crippen molar-refractivity contribution in [1.82, 2.24) is 9.80 Å². The zero-order valence-corrected chi connectivity index (χ0v) is 20.0. The van der Waals surface area contributed by atoms with Gasteiger partial charge in [0.25, 0.3) is 11.7 Å². The fourth-order valence-corrected chi connectivity index (χ4v) is 5.04. The number of amides is 1. The number of carbonyl (C=O) groups excluding carboxylic acids is 2. The Morgan fingerprint density at radius 2 is 1.83 bits per heavy atom. The van der Waals surface area contributed by atoms with Crippen LogP contribution in [-0.2, 0) is 20.7 Å². The fourth-order valence-electron chi connectivity index (χ4n) is 5.04. The largest absolute Gasteiger partial charge is 0.507 e. The van der Waals surface area contributed by atoms with E-state index in [2.05, 4.69) is 4.90 Å². The molecule has 3 aliphatic heterocycles. The molecule has 0 aliphatic carbocycles. The molecular formula is C27H30N2O6. The second kappa shape index (κ2) is 9.71. The molecule has 8 heteroatoms. The lowest BCUT2D eigenvalue weighted by molar-refractivity contribution is -0.140. The topological polar surface area (TPSA) is 88.5 Å². The van der Waals surface area contributed by atoms with Crippen LogP contribution >= 0.6 is 0 Å². The highest BCUT2D eigenvalue weighted by Crippen LogP contribution is 2.40. The van der Waals surface area contributed by atoms with Crippen LogP contribution in [0.5, 0.6) is 11.5 Å². The van der Waals surface area contributed by atoms with Gasteiger partial charge in [0.05, 0.1) is 31.9 Å². The SMILES string of the molecule is COc1ccc([C@@H]2C(=C(O)c3ccc4c(c3)C[C@H](C)O4)C(=O)C(=O)N2CCN2CCOCC2)cc1. The van der Waals surface area contributed by atoms with Crippen LogP contribution in [0.4, 0.5) is 0 Å². The van der Waals surface area contributed by atoms with Gasteiger partial charge in [0.2, 0.25) is 0 Å². The number of morpholine rings is 1. The summed E-state index contributed by atoms with van der Waals surface area (Å²) in [5, 5.41) is 11.4. The third-order valence-corrected chi connectivity index (χ3v) is 6.90. The van der Waals surface area contributed by atoms with Crippen LogP contribution < -0.4 is 9.47 Å². The van der Waals surface area contributed by atoms with Crippen LogP contribution in [0.1, 0.15) is 29.7 Å². The number of hydrogen-bond donors (Lipinski definition) is 1. The summed E-state index contributed by atoms with van der Waals surface area (Å²) in [6.07, 6.45) is 0.791. The van der Waals surface area contributed by atoms with Gasteiger partial charge in [0, 0.05) is 38.2 Å². The van der Waals surface area contributed by atoms with E-state index in [0.29, 0.717) is 37.6 Å². The molecule has 2 atom stereocenters. The lowest BCUT2D eigenvalue weighted by Crippen LogP contribution is -2.42. The zero-order chi connectivity index (χ0) is 24.5. The Hall–Kier alpha value is -3.36. The number of hydrogen-bond acceptors (Lipinski definition) is 7. The van der Waals surface area contributed by atoms with Crippen molar-refractivity contribution in [1.29, 1.82) is 0 Å². The van der Waals surface area contributed by atoms with Crippen molar-refractivity contribution >= 4 is 17.4 Å². The van der Waals surface area contributed by atoms with Gasteiger partial charge in [-0.15, -0.1) is 0 Å². The van der Waals surface area contributed by atoms with Crippen molar-refractivity contribution in [2.45, 2.75) is 25.5 Å². The maximum absolute atomic E-state index is 13.3. The summed E-state index contributed by atoms with van der Waals surface area (Å²) in [6.45, 7) is 5.86. The molecule has 2 aromatic carbocycles. The van der Waals surface area contributed by atoms with E-state index in [1.807, 2.05) is 31.2 Å². The zero-order valence-electron chi connectivity index (χ0n) is 20.0. The van der Waals surface area contributed by atoms with Gasteiger partial charge in [-0.05, 0) is 48.4 Å². The number of ether oxygens (including phenoxy) is 3. The lowest BCUT2D eigenvalue weighted by atomic mass is 9.94. The highest BCUT2D eigenvalue weighted by atomic mass is 16.5. The van der Waals surface area contributed by atoms with Crippen LogP contribution in [0.15, 0.2) is 48.0 Å². The Morgan fingerprint density at radius 3 is 2.54 bits per heavy atom. The van der Waals surface area contributed by atoms with Gasteiger partial charge in [0.15, 0.2) is 0 Å². The van der Waals surface area contributed by atoms with Crippen LogP contribution in [-0.4, -0.2) is 79.2 Å². The second-order valence-corrected chi connectivity index (χ2v) is 9.17. The highest BCUT2D eigenvalue weighted by Gasteiger charge is 2.46. The van der Waals surface area contributed by atoms with Crippen molar-refractivity contribution in [3.05, 3.63) is 64.7 Å². The average Bonchev–Trinajstić information content (AvgIpc) is 3.38. The number of fused-ring (bicyclic) bond motifs is 1. The smallest absolute Gasteiger partial charge is 0.295 e. The predicted molar refractivity (Wildman–Crippen MR) is 129 cm³/mol. The van der Waals surface area contributed by atoms with Gasteiger partial charge in [0.1, 0.15) is 23.4 Å². The summed E-state index contributed by atoms with van der Waals surface area (Å²) in [5.74, 6) is 0.0213. The molecule has 0 saturated carbocycles. The van der Waals surface area contributed by atoms with Crippen LogP contribution in [0, 0.1) is 0 Å². The molecule has 0 unspecified atom stereocenters. The summed E-state index contributed by atoms with van der Waals surface area (Å²) in [5.41, 5.74) is 2.33. The molecule has 0 aromatic heterocycles. The Kier molecular flexibility index (Phi) is 6.49. The predicted octanol–water partition coefficient (Wildman–Crippen LogP) is 2.77.